The van der Waals surface area contributed by atoms with Gasteiger partial charge in [0, 0.05) is 15.2 Å². The molecule has 8 heteroatoms. The summed E-state index contributed by atoms with van der Waals surface area (Å²) in [5.41, 5.74) is -0.689. The van der Waals surface area contributed by atoms with Crippen molar-refractivity contribution >= 4 is 22.6 Å². The standard InChI is InChI=1S/C11H8F3IN2O2/c12-11(13,14)8-2-1-3-9(15)7(8)6-19-10-4-5-17(18)16-10/h1-5,18H,6H2. The van der Waals surface area contributed by atoms with Gasteiger partial charge in [-0.25, -0.2) is 0 Å². The van der Waals surface area contributed by atoms with Crippen LogP contribution in [-0.2, 0) is 12.8 Å². The highest BCUT2D eigenvalue weighted by Gasteiger charge is 2.34. The maximum absolute atomic E-state index is 12.8. The van der Waals surface area contributed by atoms with Gasteiger partial charge in [-0.15, -0.1) is 4.85 Å². The van der Waals surface area contributed by atoms with Crippen LogP contribution in [0.5, 0.6) is 5.88 Å². The molecule has 0 atom stereocenters. The second-order valence-electron chi connectivity index (χ2n) is 3.63. The van der Waals surface area contributed by atoms with Crippen LogP contribution in [0.2, 0.25) is 0 Å². The zero-order valence-electron chi connectivity index (χ0n) is 9.36. The average molecular weight is 384 g/mol. The molecule has 19 heavy (non-hydrogen) atoms. The van der Waals surface area contributed by atoms with Crippen molar-refractivity contribution < 1.29 is 23.1 Å². The summed E-state index contributed by atoms with van der Waals surface area (Å²) in [6.07, 6.45) is -3.22. The van der Waals surface area contributed by atoms with Crippen LogP contribution >= 0.6 is 22.6 Å². The lowest BCUT2D eigenvalue weighted by Crippen LogP contribution is -2.12. The Morgan fingerprint density at radius 1 is 1.32 bits per heavy atom. The molecule has 102 valence electrons. The highest BCUT2D eigenvalue weighted by Crippen LogP contribution is 2.34. The third-order valence-electron chi connectivity index (χ3n) is 2.34. The summed E-state index contributed by atoms with van der Waals surface area (Å²) in [5.74, 6) is 0.0512. The minimum absolute atomic E-state index is 0.0445. The third kappa shape index (κ3) is 3.31. The summed E-state index contributed by atoms with van der Waals surface area (Å²) in [6.45, 7) is -0.273. The number of halogens is 4. The number of aromatic nitrogens is 2. The zero-order valence-corrected chi connectivity index (χ0v) is 11.5. The fourth-order valence-electron chi connectivity index (χ4n) is 1.49. The Hall–Kier alpha value is -1.45. The molecule has 2 rings (SSSR count). The Labute approximate surface area is 119 Å². The molecule has 0 radical (unpaired) electrons. The van der Waals surface area contributed by atoms with Crippen LogP contribution in [0, 0.1) is 3.57 Å². The molecule has 0 aliphatic carbocycles. The van der Waals surface area contributed by atoms with E-state index in [0.717, 1.165) is 6.07 Å². The molecule has 1 heterocycles. The Kier molecular flexibility index (Phi) is 3.88. The minimum Gasteiger partial charge on any atom is -0.472 e. The average Bonchev–Trinajstić information content (AvgIpc) is 2.72. The molecule has 1 N–H and O–H groups in total. The topological polar surface area (TPSA) is 47.3 Å². The molecular formula is C11H8F3IN2O2. The van der Waals surface area contributed by atoms with E-state index < -0.39 is 11.7 Å². The quantitative estimate of drug-likeness (QED) is 0.653. The molecule has 1 aromatic heterocycles. The maximum atomic E-state index is 12.8. The van der Waals surface area contributed by atoms with Gasteiger partial charge in [0.25, 0.3) is 0 Å². The second-order valence-corrected chi connectivity index (χ2v) is 4.79. The molecule has 0 unspecified atom stereocenters. The first-order valence-corrected chi connectivity index (χ1v) is 6.18. The molecule has 0 saturated carbocycles. The number of nitrogens with zero attached hydrogens (tertiary/aromatic N) is 2. The van der Waals surface area contributed by atoms with Gasteiger partial charge < -0.3 is 9.94 Å². The summed E-state index contributed by atoms with van der Waals surface area (Å²) < 4.78 is 44.1. The predicted molar refractivity (Wildman–Crippen MR) is 67.9 cm³/mol. The van der Waals surface area contributed by atoms with Gasteiger partial charge >= 0.3 is 6.18 Å². The molecule has 0 aliphatic rings. The molecule has 0 amide bonds. The molecule has 0 bridgehead atoms. The predicted octanol–water partition coefficient (Wildman–Crippen LogP) is 3.32. The van der Waals surface area contributed by atoms with Crippen LogP contribution in [0.4, 0.5) is 13.2 Å². The van der Waals surface area contributed by atoms with Gasteiger partial charge in [-0.1, -0.05) is 11.2 Å². The zero-order chi connectivity index (χ0) is 14.0. The smallest absolute Gasteiger partial charge is 0.416 e. The van der Waals surface area contributed by atoms with E-state index in [9.17, 15) is 13.2 Å². The van der Waals surface area contributed by atoms with Crippen LogP contribution in [0.25, 0.3) is 0 Å². The van der Waals surface area contributed by atoms with Crippen molar-refractivity contribution in [1.29, 1.82) is 0 Å². The van der Waals surface area contributed by atoms with Crippen LogP contribution in [-0.4, -0.2) is 15.2 Å². The van der Waals surface area contributed by atoms with Gasteiger partial charge in [0.05, 0.1) is 11.8 Å². The summed E-state index contributed by atoms with van der Waals surface area (Å²) in [6, 6.07) is 5.27. The second kappa shape index (κ2) is 5.27. The van der Waals surface area contributed by atoms with Crippen molar-refractivity contribution in [2.45, 2.75) is 12.8 Å². The fraction of sp³-hybridized carbons (Fsp3) is 0.182. The van der Waals surface area contributed by atoms with Gasteiger partial charge in [0.15, 0.2) is 0 Å². The lowest BCUT2D eigenvalue weighted by atomic mass is 10.1. The number of benzene rings is 1. The van der Waals surface area contributed by atoms with E-state index in [0.29, 0.717) is 8.42 Å². The highest BCUT2D eigenvalue weighted by atomic mass is 127. The number of ether oxygens (including phenoxy) is 1. The van der Waals surface area contributed by atoms with Crippen molar-refractivity contribution in [3.8, 4) is 5.88 Å². The van der Waals surface area contributed by atoms with Crippen LogP contribution in [0.1, 0.15) is 11.1 Å². The lowest BCUT2D eigenvalue weighted by molar-refractivity contribution is -0.138. The van der Waals surface area contributed by atoms with Crippen molar-refractivity contribution in [2.75, 3.05) is 0 Å². The Morgan fingerprint density at radius 2 is 2.05 bits per heavy atom. The van der Waals surface area contributed by atoms with Crippen LogP contribution < -0.4 is 4.74 Å². The van der Waals surface area contributed by atoms with E-state index >= 15 is 0 Å². The van der Waals surface area contributed by atoms with E-state index in [1.807, 2.05) is 22.6 Å². The Bertz CT molecular complexity index is 584. The number of hydrogen-bond acceptors (Lipinski definition) is 3. The molecule has 1 aromatic carbocycles. The number of rotatable bonds is 3. The molecular weight excluding hydrogens is 376 g/mol. The van der Waals surface area contributed by atoms with E-state index in [4.69, 9.17) is 9.94 Å². The van der Waals surface area contributed by atoms with E-state index in [1.54, 1.807) is 6.07 Å². The Balaban J connectivity index is 2.24. The van der Waals surface area contributed by atoms with Gasteiger partial charge in [0.2, 0.25) is 5.88 Å². The minimum atomic E-state index is -4.43. The van der Waals surface area contributed by atoms with Gasteiger partial charge in [-0.3, -0.25) is 0 Å². The molecule has 0 spiro atoms. The molecule has 0 fully saturated rings. The van der Waals surface area contributed by atoms with E-state index in [-0.39, 0.29) is 18.1 Å². The molecule has 2 aromatic rings. The highest BCUT2D eigenvalue weighted by molar-refractivity contribution is 14.1. The van der Waals surface area contributed by atoms with Gasteiger partial charge in [-0.2, -0.15) is 13.2 Å². The normalized spacial score (nSPS) is 11.6. The number of alkyl halides is 3. The Morgan fingerprint density at radius 3 is 2.63 bits per heavy atom. The van der Waals surface area contributed by atoms with Gasteiger partial charge in [0.1, 0.15) is 6.61 Å². The van der Waals surface area contributed by atoms with E-state index in [2.05, 4.69) is 5.10 Å². The third-order valence-corrected chi connectivity index (χ3v) is 3.35. The SMILES string of the molecule is On1ccc(OCc2c(I)cccc2C(F)(F)F)n1. The van der Waals surface area contributed by atoms with Crippen molar-refractivity contribution in [2.24, 2.45) is 0 Å². The maximum Gasteiger partial charge on any atom is 0.416 e. The van der Waals surface area contributed by atoms with Crippen LogP contribution in [0.3, 0.4) is 0 Å². The van der Waals surface area contributed by atoms with E-state index in [1.165, 1.54) is 18.3 Å². The van der Waals surface area contributed by atoms with Crippen molar-refractivity contribution in [1.82, 2.24) is 9.94 Å². The monoisotopic (exact) mass is 384 g/mol. The largest absolute Gasteiger partial charge is 0.472 e. The van der Waals surface area contributed by atoms with Gasteiger partial charge in [-0.05, 0) is 34.7 Å². The number of hydrogen-bond donors (Lipinski definition) is 1. The first-order valence-electron chi connectivity index (χ1n) is 5.10. The first-order chi connectivity index (χ1) is 8.88. The van der Waals surface area contributed by atoms with Crippen molar-refractivity contribution in [3.63, 3.8) is 0 Å². The van der Waals surface area contributed by atoms with Crippen LogP contribution in [0.15, 0.2) is 30.5 Å². The molecule has 0 aliphatic heterocycles. The van der Waals surface area contributed by atoms with Crippen molar-refractivity contribution in [3.05, 3.63) is 45.2 Å². The lowest BCUT2D eigenvalue weighted by Gasteiger charge is -2.14. The summed E-state index contributed by atoms with van der Waals surface area (Å²) in [7, 11) is 0. The first kappa shape index (κ1) is 14.0. The fourth-order valence-corrected chi connectivity index (χ4v) is 2.15. The molecule has 0 saturated heterocycles. The summed E-state index contributed by atoms with van der Waals surface area (Å²) in [5, 5.41) is 12.4. The summed E-state index contributed by atoms with van der Waals surface area (Å²) >= 11 is 1.82. The molecule has 4 nitrogen and oxygen atoms in total. The summed E-state index contributed by atoms with van der Waals surface area (Å²) in [4.78, 5) is 0.524.